The third-order valence-electron chi connectivity index (χ3n) is 3.37. The summed E-state index contributed by atoms with van der Waals surface area (Å²) in [7, 11) is 1.57. The molecule has 0 aromatic carbocycles. The standard InChI is InChI=1S/C10H14O3/c1-13-8-6-7-2-4-10(8,5-3-7)9(11)12/h6-7H,2-5H2,1H3,(H,11,12). The van der Waals surface area contributed by atoms with Crippen molar-refractivity contribution in [1.29, 1.82) is 0 Å². The monoisotopic (exact) mass is 182 g/mol. The quantitative estimate of drug-likeness (QED) is 0.708. The summed E-state index contributed by atoms with van der Waals surface area (Å²) in [5.41, 5.74) is -0.691. The topological polar surface area (TPSA) is 46.5 Å². The molecule has 0 amide bonds. The molecule has 0 unspecified atom stereocenters. The van der Waals surface area contributed by atoms with E-state index < -0.39 is 11.4 Å². The van der Waals surface area contributed by atoms with Crippen molar-refractivity contribution in [3.8, 4) is 0 Å². The summed E-state index contributed by atoms with van der Waals surface area (Å²) in [6.07, 6.45) is 5.48. The summed E-state index contributed by atoms with van der Waals surface area (Å²) in [5, 5.41) is 9.19. The summed E-state index contributed by atoms with van der Waals surface area (Å²) in [5.74, 6) is 0.512. The third kappa shape index (κ3) is 1.06. The average Bonchev–Trinajstić information content (AvgIpc) is 2.19. The van der Waals surface area contributed by atoms with Gasteiger partial charge in [0.2, 0.25) is 0 Å². The van der Waals surface area contributed by atoms with E-state index in [1.807, 2.05) is 6.08 Å². The lowest BCUT2D eigenvalue weighted by molar-refractivity contribution is -0.152. The Morgan fingerprint density at radius 1 is 1.62 bits per heavy atom. The normalized spacial score (nSPS) is 37.0. The second kappa shape index (κ2) is 2.76. The molecule has 3 rings (SSSR count). The minimum Gasteiger partial charge on any atom is -0.500 e. The minimum atomic E-state index is -0.723. The number of carboxylic acid groups (broad SMARTS) is 1. The number of aliphatic carboxylic acids is 1. The first-order valence-electron chi connectivity index (χ1n) is 4.69. The second-order valence-electron chi connectivity index (χ2n) is 3.96. The van der Waals surface area contributed by atoms with Crippen LogP contribution in [0.3, 0.4) is 0 Å². The van der Waals surface area contributed by atoms with Crippen LogP contribution in [-0.2, 0) is 9.53 Å². The predicted octanol–water partition coefficient (Wildman–Crippen LogP) is 1.79. The highest BCUT2D eigenvalue weighted by atomic mass is 16.5. The maximum Gasteiger partial charge on any atom is 0.317 e. The fraction of sp³-hybridized carbons (Fsp3) is 0.700. The Morgan fingerprint density at radius 3 is 2.62 bits per heavy atom. The number of carbonyl (C=O) groups is 1. The average molecular weight is 182 g/mol. The highest BCUT2D eigenvalue weighted by Crippen LogP contribution is 2.50. The van der Waals surface area contributed by atoms with Gasteiger partial charge in [-0.3, -0.25) is 4.79 Å². The molecule has 13 heavy (non-hydrogen) atoms. The van der Waals surface area contributed by atoms with Gasteiger partial charge in [-0.2, -0.15) is 0 Å². The Kier molecular flexibility index (Phi) is 1.82. The zero-order valence-electron chi connectivity index (χ0n) is 7.75. The molecule has 72 valence electrons. The lowest BCUT2D eigenvalue weighted by Crippen LogP contribution is -2.41. The largest absolute Gasteiger partial charge is 0.500 e. The number of carboxylic acids is 1. The van der Waals surface area contributed by atoms with Crippen LogP contribution in [0.2, 0.25) is 0 Å². The van der Waals surface area contributed by atoms with Crippen LogP contribution in [0.4, 0.5) is 0 Å². The summed E-state index contributed by atoms with van der Waals surface area (Å²) in [4.78, 5) is 11.2. The van der Waals surface area contributed by atoms with Crippen LogP contribution in [0.25, 0.3) is 0 Å². The first kappa shape index (κ1) is 8.60. The van der Waals surface area contributed by atoms with E-state index in [1.54, 1.807) is 7.11 Å². The molecule has 0 aliphatic heterocycles. The number of fused-ring (bicyclic) bond motifs is 2. The highest BCUT2D eigenvalue weighted by molar-refractivity contribution is 5.78. The van der Waals surface area contributed by atoms with Crippen molar-refractivity contribution in [2.24, 2.45) is 11.3 Å². The van der Waals surface area contributed by atoms with E-state index in [4.69, 9.17) is 4.74 Å². The number of rotatable bonds is 2. The Bertz CT molecular complexity index is 259. The van der Waals surface area contributed by atoms with Gasteiger partial charge in [0, 0.05) is 0 Å². The zero-order valence-corrected chi connectivity index (χ0v) is 7.75. The van der Waals surface area contributed by atoms with Crippen LogP contribution >= 0.6 is 0 Å². The van der Waals surface area contributed by atoms with Gasteiger partial charge >= 0.3 is 5.97 Å². The van der Waals surface area contributed by atoms with E-state index in [1.165, 1.54) is 0 Å². The Morgan fingerprint density at radius 2 is 2.23 bits per heavy atom. The number of hydrogen-bond acceptors (Lipinski definition) is 2. The van der Waals surface area contributed by atoms with Gasteiger partial charge in [-0.25, -0.2) is 0 Å². The molecule has 0 spiro atoms. The third-order valence-corrected chi connectivity index (χ3v) is 3.37. The fourth-order valence-electron chi connectivity index (χ4n) is 2.50. The highest BCUT2D eigenvalue weighted by Gasteiger charge is 2.49. The Hall–Kier alpha value is -0.990. The lowest BCUT2D eigenvalue weighted by Gasteiger charge is -2.41. The van der Waals surface area contributed by atoms with E-state index >= 15 is 0 Å². The van der Waals surface area contributed by atoms with Gasteiger partial charge in [0.05, 0.1) is 7.11 Å². The maximum absolute atomic E-state index is 11.2. The SMILES string of the molecule is COC1=CC2CCC1(C(=O)O)CC2. The van der Waals surface area contributed by atoms with Crippen molar-refractivity contribution in [2.75, 3.05) is 7.11 Å². The van der Waals surface area contributed by atoms with Crippen molar-refractivity contribution in [2.45, 2.75) is 25.7 Å². The van der Waals surface area contributed by atoms with Crippen molar-refractivity contribution in [3.63, 3.8) is 0 Å². The van der Waals surface area contributed by atoms with Gasteiger partial charge in [0.15, 0.2) is 0 Å². The van der Waals surface area contributed by atoms with E-state index in [-0.39, 0.29) is 0 Å². The Labute approximate surface area is 77.4 Å². The smallest absolute Gasteiger partial charge is 0.317 e. The van der Waals surface area contributed by atoms with Gasteiger partial charge in [0.25, 0.3) is 0 Å². The molecule has 2 bridgehead atoms. The predicted molar refractivity (Wildman–Crippen MR) is 47.1 cm³/mol. The van der Waals surface area contributed by atoms with Crippen LogP contribution in [0.1, 0.15) is 25.7 Å². The molecular formula is C10H14O3. The number of hydrogen-bond donors (Lipinski definition) is 1. The fourth-order valence-corrected chi connectivity index (χ4v) is 2.50. The van der Waals surface area contributed by atoms with Gasteiger partial charge in [-0.05, 0) is 37.7 Å². The van der Waals surface area contributed by atoms with E-state index in [0.717, 1.165) is 25.7 Å². The second-order valence-corrected chi connectivity index (χ2v) is 3.96. The van der Waals surface area contributed by atoms with Crippen molar-refractivity contribution in [3.05, 3.63) is 11.8 Å². The first-order chi connectivity index (χ1) is 6.19. The zero-order chi connectivity index (χ0) is 9.47. The Balaban J connectivity index is 2.39. The number of ether oxygens (including phenoxy) is 1. The van der Waals surface area contributed by atoms with Gasteiger partial charge in [-0.1, -0.05) is 0 Å². The van der Waals surface area contributed by atoms with Gasteiger partial charge in [-0.15, -0.1) is 0 Å². The van der Waals surface area contributed by atoms with Crippen LogP contribution in [-0.4, -0.2) is 18.2 Å². The van der Waals surface area contributed by atoms with E-state index in [9.17, 15) is 9.90 Å². The molecule has 3 aliphatic rings. The first-order valence-corrected chi connectivity index (χ1v) is 4.69. The number of allylic oxidation sites excluding steroid dienone is 1. The van der Waals surface area contributed by atoms with Crippen molar-refractivity contribution >= 4 is 5.97 Å². The molecular weight excluding hydrogens is 168 g/mol. The molecule has 1 saturated carbocycles. The van der Waals surface area contributed by atoms with Crippen molar-refractivity contribution < 1.29 is 14.6 Å². The lowest BCUT2D eigenvalue weighted by atomic mass is 9.64. The molecule has 1 N–H and O–H groups in total. The summed E-state index contributed by atoms with van der Waals surface area (Å²) < 4.78 is 5.17. The van der Waals surface area contributed by atoms with Crippen LogP contribution in [0.15, 0.2) is 11.8 Å². The molecule has 1 fully saturated rings. The molecule has 0 atom stereocenters. The van der Waals surface area contributed by atoms with Crippen LogP contribution in [0, 0.1) is 11.3 Å². The minimum absolute atomic E-state index is 0.552. The molecule has 3 aliphatic carbocycles. The number of methoxy groups -OCH3 is 1. The van der Waals surface area contributed by atoms with Gasteiger partial charge in [0.1, 0.15) is 11.2 Å². The molecule has 3 heteroatoms. The molecule has 0 saturated heterocycles. The summed E-state index contributed by atoms with van der Waals surface area (Å²) in [6, 6.07) is 0. The maximum atomic E-state index is 11.2. The van der Waals surface area contributed by atoms with E-state index in [0.29, 0.717) is 11.7 Å². The van der Waals surface area contributed by atoms with Crippen LogP contribution < -0.4 is 0 Å². The van der Waals surface area contributed by atoms with E-state index in [2.05, 4.69) is 0 Å². The molecule has 0 heterocycles. The summed E-state index contributed by atoms with van der Waals surface area (Å²) in [6.45, 7) is 0. The molecule has 0 aromatic rings. The van der Waals surface area contributed by atoms with Crippen LogP contribution in [0.5, 0.6) is 0 Å². The van der Waals surface area contributed by atoms with Gasteiger partial charge < -0.3 is 9.84 Å². The summed E-state index contributed by atoms with van der Waals surface area (Å²) >= 11 is 0. The molecule has 0 aromatic heterocycles. The molecule has 3 nitrogen and oxygen atoms in total. The van der Waals surface area contributed by atoms with Crippen molar-refractivity contribution in [1.82, 2.24) is 0 Å². The molecule has 0 radical (unpaired) electrons.